The zero-order chi connectivity index (χ0) is 29.1. The van der Waals surface area contributed by atoms with E-state index in [9.17, 15) is 27.7 Å². The molecular weight excluding hydrogens is 522 g/mol. The number of likely N-dealkylation sites (N-methyl/N-ethyl adjacent to an activating group) is 1. The van der Waals surface area contributed by atoms with Gasteiger partial charge in [-0.05, 0) is 51.3 Å². The molecule has 1 atom stereocenters. The van der Waals surface area contributed by atoms with Gasteiger partial charge in [0.05, 0.1) is 25.0 Å². The van der Waals surface area contributed by atoms with Gasteiger partial charge in [-0.2, -0.15) is 0 Å². The van der Waals surface area contributed by atoms with Crippen LogP contribution in [0.25, 0.3) is 0 Å². The molecule has 1 N–H and O–H groups in total. The van der Waals surface area contributed by atoms with Gasteiger partial charge in [0, 0.05) is 5.92 Å². The number of benzene rings is 2. The SMILES string of the molecule is CC[N+](C)(CC)CCOC(=O)COC(=O)C(O)(c1ccccc1)C1CCCC1.Cc1ccc(S(=O)(=O)[O-])cc1. The number of carbonyl (C=O) groups is 2. The zero-order valence-electron chi connectivity index (χ0n) is 23.3. The second-order valence-electron chi connectivity index (χ2n) is 10.2. The lowest BCUT2D eigenvalue weighted by molar-refractivity contribution is -0.906. The van der Waals surface area contributed by atoms with Crippen LogP contribution in [0.1, 0.15) is 50.7 Å². The maximum atomic E-state index is 12.8. The quantitative estimate of drug-likeness (QED) is 0.250. The number of nitrogens with zero attached hydrogens (tertiary/aromatic N) is 1. The van der Waals surface area contributed by atoms with Crippen LogP contribution in [0.5, 0.6) is 0 Å². The van der Waals surface area contributed by atoms with Gasteiger partial charge in [-0.25, -0.2) is 18.0 Å². The lowest BCUT2D eigenvalue weighted by Crippen LogP contribution is -2.46. The molecule has 10 heteroatoms. The van der Waals surface area contributed by atoms with Crippen LogP contribution in [-0.2, 0) is 34.8 Å². The summed E-state index contributed by atoms with van der Waals surface area (Å²) in [5.74, 6) is -1.57. The standard InChI is InChI=1S/C22H34NO5.C7H8O3S/c1-4-23(3,5-2)15-16-27-20(24)17-28-21(25)22(26,19-13-9-10-14-19)18-11-7-6-8-12-18;1-6-2-4-7(5-3-6)11(8,9)10/h6-8,11-12,19,26H,4-5,9-10,13-17H2,1-3H3;2-5H,1H3,(H,8,9,10)/q+1;/p-1. The third-order valence-corrected chi connectivity index (χ3v) is 8.37. The lowest BCUT2D eigenvalue weighted by Gasteiger charge is -2.32. The van der Waals surface area contributed by atoms with Crippen LogP contribution in [0, 0.1) is 12.8 Å². The highest BCUT2D eigenvalue weighted by atomic mass is 32.2. The number of hydrogen-bond acceptors (Lipinski definition) is 8. The van der Waals surface area contributed by atoms with E-state index in [0.717, 1.165) is 48.8 Å². The van der Waals surface area contributed by atoms with E-state index >= 15 is 0 Å². The Kier molecular flexibility index (Phi) is 12.1. The van der Waals surface area contributed by atoms with Gasteiger partial charge >= 0.3 is 11.9 Å². The van der Waals surface area contributed by atoms with Crippen molar-refractivity contribution in [3.05, 3.63) is 65.7 Å². The average Bonchev–Trinajstić information content (AvgIpc) is 3.47. The minimum Gasteiger partial charge on any atom is -0.744 e. The van der Waals surface area contributed by atoms with Crippen molar-refractivity contribution in [2.45, 2.75) is 57.0 Å². The van der Waals surface area contributed by atoms with Crippen LogP contribution < -0.4 is 0 Å². The Hall–Kier alpha value is -2.79. The van der Waals surface area contributed by atoms with Gasteiger partial charge < -0.3 is 23.6 Å². The van der Waals surface area contributed by atoms with Gasteiger partial charge in [-0.3, -0.25) is 0 Å². The summed E-state index contributed by atoms with van der Waals surface area (Å²) in [7, 11) is -2.16. The van der Waals surface area contributed by atoms with Crippen LogP contribution in [0.4, 0.5) is 0 Å². The predicted molar refractivity (Wildman–Crippen MR) is 145 cm³/mol. The van der Waals surface area contributed by atoms with Gasteiger partial charge in [-0.1, -0.05) is 60.9 Å². The molecule has 9 nitrogen and oxygen atoms in total. The molecule has 0 spiro atoms. The Labute approximate surface area is 232 Å². The monoisotopic (exact) mass is 563 g/mol. The third-order valence-electron chi connectivity index (χ3n) is 7.52. The molecule has 1 aliphatic carbocycles. The molecule has 0 radical (unpaired) electrons. The van der Waals surface area contributed by atoms with Gasteiger partial charge in [0.2, 0.25) is 0 Å². The van der Waals surface area contributed by atoms with E-state index in [-0.39, 0.29) is 17.4 Å². The summed E-state index contributed by atoms with van der Waals surface area (Å²) in [5, 5.41) is 11.3. The van der Waals surface area contributed by atoms with Crippen LogP contribution in [0.2, 0.25) is 0 Å². The molecule has 1 fully saturated rings. The van der Waals surface area contributed by atoms with Crippen LogP contribution in [0.15, 0.2) is 59.5 Å². The van der Waals surface area contributed by atoms with E-state index < -0.39 is 34.3 Å². The number of esters is 2. The van der Waals surface area contributed by atoms with Crippen LogP contribution in [0.3, 0.4) is 0 Å². The van der Waals surface area contributed by atoms with Crippen molar-refractivity contribution in [2.24, 2.45) is 5.92 Å². The van der Waals surface area contributed by atoms with E-state index in [0.29, 0.717) is 12.1 Å². The van der Waals surface area contributed by atoms with E-state index in [2.05, 4.69) is 20.9 Å². The number of ether oxygens (including phenoxy) is 2. The molecule has 0 bridgehead atoms. The van der Waals surface area contributed by atoms with Gasteiger partial charge in [0.25, 0.3) is 0 Å². The highest BCUT2D eigenvalue weighted by Crippen LogP contribution is 2.41. The fraction of sp³-hybridized carbons (Fsp3) is 0.517. The molecule has 0 aromatic heterocycles. The molecule has 0 aliphatic heterocycles. The fourth-order valence-electron chi connectivity index (χ4n) is 4.46. The normalized spacial score (nSPS) is 15.5. The Morgan fingerprint density at radius 2 is 1.56 bits per heavy atom. The molecule has 2 aromatic carbocycles. The molecule has 2 aromatic rings. The average molecular weight is 564 g/mol. The fourth-order valence-corrected chi connectivity index (χ4v) is 4.93. The molecule has 0 saturated heterocycles. The smallest absolute Gasteiger partial charge is 0.344 e. The van der Waals surface area contributed by atoms with Crippen molar-refractivity contribution >= 4 is 22.1 Å². The van der Waals surface area contributed by atoms with Crippen molar-refractivity contribution in [2.75, 3.05) is 39.9 Å². The topological polar surface area (TPSA) is 130 Å². The third kappa shape index (κ3) is 9.42. The minimum atomic E-state index is -4.27. The van der Waals surface area contributed by atoms with Crippen LogP contribution in [-0.4, -0.2) is 74.4 Å². The second kappa shape index (κ2) is 14.6. The summed E-state index contributed by atoms with van der Waals surface area (Å²) in [5.41, 5.74) is -0.283. The maximum absolute atomic E-state index is 12.8. The number of quaternary nitrogens is 1. The van der Waals surface area contributed by atoms with Gasteiger partial charge in [0.15, 0.2) is 12.2 Å². The molecule has 39 heavy (non-hydrogen) atoms. The molecule has 3 rings (SSSR count). The first-order chi connectivity index (χ1) is 18.4. The Morgan fingerprint density at radius 3 is 2.08 bits per heavy atom. The number of aliphatic hydroxyl groups is 1. The molecular formula is C29H41NO8S. The molecule has 1 saturated carbocycles. The second-order valence-corrected chi connectivity index (χ2v) is 11.5. The first kappa shape index (κ1) is 32.4. The van der Waals surface area contributed by atoms with E-state index in [1.54, 1.807) is 36.4 Å². The molecule has 216 valence electrons. The first-order valence-corrected chi connectivity index (χ1v) is 14.7. The number of hydrogen-bond donors (Lipinski definition) is 1. The zero-order valence-corrected chi connectivity index (χ0v) is 24.1. The van der Waals surface area contributed by atoms with E-state index in [1.165, 1.54) is 12.1 Å². The van der Waals surface area contributed by atoms with Crippen molar-refractivity contribution in [3.8, 4) is 0 Å². The van der Waals surface area contributed by atoms with Crippen molar-refractivity contribution in [3.63, 3.8) is 0 Å². The van der Waals surface area contributed by atoms with Crippen molar-refractivity contribution in [1.82, 2.24) is 0 Å². The molecule has 1 unspecified atom stereocenters. The largest absolute Gasteiger partial charge is 0.744 e. The van der Waals surface area contributed by atoms with E-state index in [4.69, 9.17) is 9.47 Å². The Bertz CT molecular complexity index is 1160. The first-order valence-electron chi connectivity index (χ1n) is 13.3. The Morgan fingerprint density at radius 1 is 1.00 bits per heavy atom. The lowest BCUT2D eigenvalue weighted by atomic mass is 9.80. The summed E-state index contributed by atoms with van der Waals surface area (Å²) < 4.78 is 42.4. The summed E-state index contributed by atoms with van der Waals surface area (Å²) >= 11 is 0. The maximum Gasteiger partial charge on any atom is 0.344 e. The minimum absolute atomic E-state index is 0.178. The van der Waals surface area contributed by atoms with Gasteiger partial charge in [0.1, 0.15) is 23.3 Å². The van der Waals surface area contributed by atoms with Crippen LogP contribution >= 0.6 is 0 Å². The Balaban J connectivity index is 0.000000404. The number of rotatable bonds is 11. The van der Waals surface area contributed by atoms with Crippen molar-refractivity contribution < 1.29 is 41.6 Å². The summed E-state index contributed by atoms with van der Waals surface area (Å²) in [6, 6.07) is 14.6. The summed E-state index contributed by atoms with van der Waals surface area (Å²) in [6.07, 6.45) is 3.47. The summed E-state index contributed by atoms with van der Waals surface area (Å²) in [4.78, 5) is 24.6. The van der Waals surface area contributed by atoms with Crippen molar-refractivity contribution in [1.29, 1.82) is 0 Å². The molecule has 1 aliphatic rings. The predicted octanol–water partition coefficient (Wildman–Crippen LogP) is 3.54. The number of carbonyl (C=O) groups excluding carboxylic acids is 2. The van der Waals surface area contributed by atoms with E-state index in [1.807, 2.05) is 13.0 Å². The van der Waals surface area contributed by atoms with Gasteiger partial charge in [-0.15, -0.1) is 0 Å². The highest BCUT2D eigenvalue weighted by Gasteiger charge is 2.48. The molecule has 0 heterocycles. The highest BCUT2D eigenvalue weighted by molar-refractivity contribution is 7.85. The number of aryl methyl sites for hydroxylation is 1. The summed E-state index contributed by atoms with van der Waals surface area (Å²) in [6.45, 7) is 8.43. The molecule has 0 amide bonds.